The van der Waals surface area contributed by atoms with Crippen molar-refractivity contribution in [3.05, 3.63) is 0 Å². The van der Waals surface area contributed by atoms with Crippen molar-refractivity contribution >= 4 is 23.6 Å². The van der Waals surface area contributed by atoms with E-state index < -0.39 is 11.5 Å². The van der Waals surface area contributed by atoms with Crippen LogP contribution in [0.3, 0.4) is 0 Å². The van der Waals surface area contributed by atoms with Gasteiger partial charge in [-0.25, -0.2) is 0 Å². The number of carbonyl (C=O) groups excluding carboxylic acids is 1. The molecule has 0 aromatic rings. The first-order chi connectivity index (χ1) is 6.91. The zero-order valence-electron chi connectivity index (χ0n) is 9.08. The summed E-state index contributed by atoms with van der Waals surface area (Å²) < 4.78 is 0. The third-order valence-corrected chi connectivity index (χ3v) is 3.65. The zero-order chi connectivity index (χ0) is 11.5. The number of hydrogen-bond donors (Lipinski definition) is 2. The topological polar surface area (TPSA) is 66.4 Å². The van der Waals surface area contributed by atoms with Gasteiger partial charge in [-0.1, -0.05) is 0 Å². The second-order valence-electron chi connectivity index (χ2n) is 4.45. The van der Waals surface area contributed by atoms with E-state index in [0.29, 0.717) is 0 Å². The summed E-state index contributed by atoms with van der Waals surface area (Å²) in [6, 6.07) is 0. The molecule has 0 aliphatic carbocycles. The van der Waals surface area contributed by atoms with E-state index in [-0.39, 0.29) is 17.6 Å². The Kier molecular flexibility index (Phi) is 4.02. The fourth-order valence-electron chi connectivity index (χ4n) is 1.62. The molecular weight excluding hydrogens is 214 g/mol. The highest BCUT2D eigenvalue weighted by atomic mass is 32.2. The van der Waals surface area contributed by atoms with Crippen LogP contribution in [-0.2, 0) is 9.59 Å². The number of nitrogens with one attached hydrogen (secondary N) is 1. The molecule has 1 rings (SSSR count). The molecule has 0 aromatic heterocycles. The van der Waals surface area contributed by atoms with Crippen LogP contribution in [0.4, 0.5) is 0 Å². The number of amides is 1. The highest BCUT2D eigenvalue weighted by molar-refractivity contribution is 8.00. The fraction of sp³-hybridized carbons (Fsp3) is 0.800. The van der Waals surface area contributed by atoms with Crippen LogP contribution >= 0.6 is 11.8 Å². The van der Waals surface area contributed by atoms with Gasteiger partial charge in [-0.15, -0.1) is 11.8 Å². The van der Waals surface area contributed by atoms with Gasteiger partial charge >= 0.3 is 5.97 Å². The number of carbonyl (C=O) groups is 2. The molecule has 0 aromatic carbocycles. The molecule has 5 heteroatoms. The molecule has 2 N–H and O–H groups in total. The molecule has 86 valence electrons. The number of thioether (sulfide) groups is 1. The largest absolute Gasteiger partial charge is 0.481 e. The van der Waals surface area contributed by atoms with Crippen molar-refractivity contribution in [2.24, 2.45) is 0 Å². The Morgan fingerprint density at radius 2 is 2.20 bits per heavy atom. The Morgan fingerprint density at radius 3 is 2.67 bits per heavy atom. The highest BCUT2D eigenvalue weighted by Crippen LogP contribution is 2.26. The lowest BCUT2D eigenvalue weighted by Gasteiger charge is -2.25. The van der Waals surface area contributed by atoms with E-state index in [9.17, 15) is 9.59 Å². The summed E-state index contributed by atoms with van der Waals surface area (Å²) in [5.74, 6) is 0.111. The molecule has 1 heterocycles. The number of carboxylic acid groups (broad SMARTS) is 1. The van der Waals surface area contributed by atoms with Crippen molar-refractivity contribution in [1.82, 2.24) is 5.32 Å². The van der Waals surface area contributed by atoms with E-state index in [4.69, 9.17) is 5.11 Å². The fourth-order valence-corrected chi connectivity index (χ4v) is 2.78. The Balaban J connectivity index is 2.44. The maximum Gasteiger partial charge on any atom is 0.305 e. The van der Waals surface area contributed by atoms with Crippen molar-refractivity contribution in [3.8, 4) is 0 Å². The third kappa shape index (κ3) is 4.11. The van der Waals surface area contributed by atoms with Crippen LogP contribution < -0.4 is 5.32 Å². The van der Waals surface area contributed by atoms with Crippen LogP contribution in [-0.4, -0.2) is 33.5 Å². The van der Waals surface area contributed by atoms with E-state index in [1.54, 1.807) is 25.6 Å². The summed E-state index contributed by atoms with van der Waals surface area (Å²) in [7, 11) is 0. The van der Waals surface area contributed by atoms with E-state index in [0.717, 1.165) is 18.6 Å². The summed E-state index contributed by atoms with van der Waals surface area (Å²) in [4.78, 5) is 22.3. The lowest BCUT2D eigenvalue weighted by atomic mass is 10.0. The molecule has 0 bridgehead atoms. The number of hydrogen-bond acceptors (Lipinski definition) is 3. The van der Waals surface area contributed by atoms with Crippen LogP contribution in [0.2, 0.25) is 0 Å². The normalized spacial score (nSPS) is 21.3. The molecule has 1 aliphatic heterocycles. The molecule has 1 atom stereocenters. The molecule has 1 fully saturated rings. The molecule has 1 unspecified atom stereocenters. The van der Waals surface area contributed by atoms with Crippen molar-refractivity contribution in [2.45, 2.75) is 43.9 Å². The Morgan fingerprint density at radius 1 is 1.53 bits per heavy atom. The van der Waals surface area contributed by atoms with Gasteiger partial charge < -0.3 is 10.4 Å². The summed E-state index contributed by atoms with van der Waals surface area (Å²) >= 11 is 1.65. The second-order valence-corrected chi connectivity index (χ2v) is 5.76. The van der Waals surface area contributed by atoms with Crippen LogP contribution in [0.25, 0.3) is 0 Å². The van der Waals surface area contributed by atoms with Gasteiger partial charge in [0.25, 0.3) is 0 Å². The summed E-state index contributed by atoms with van der Waals surface area (Å²) in [6.45, 7) is 3.47. The first-order valence-electron chi connectivity index (χ1n) is 5.06. The molecule has 0 spiro atoms. The van der Waals surface area contributed by atoms with Crippen LogP contribution in [0.5, 0.6) is 0 Å². The molecule has 0 radical (unpaired) electrons. The summed E-state index contributed by atoms with van der Waals surface area (Å²) in [5, 5.41) is 11.5. The van der Waals surface area contributed by atoms with Gasteiger partial charge in [0.2, 0.25) is 5.91 Å². The molecule has 1 amide bonds. The van der Waals surface area contributed by atoms with Crippen molar-refractivity contribution < 1.29 is 14.7 Å². The predicted molar refractivity (Wildman–Crippen MR) is 60.0 cm³/mol. The quantitative estimate of drug-likeness (QED) is 0.764. The Labute approximate surface area is 93.8 Å². The van der Waals surface area contributed by atoms with Gasteiger partial charge in [0.1, 0.15) is 0 Å². The maximum atomic E-state index is 11.7. The Bertz CT molecular complexity index is 259. The van der Waals surface area contributed by atoms with Crippen LogP contribution in [0, 0.1) is 0 Å². The molecule has 4 nitrogen and oxygen atoms in total. The number of aliphatic carboxylic acids is 1. The molecule has 1 aliphatic rings. The molecule has 1 saturated heterocycles. The molecular formula is C10H17NO3S. The SMILES string of the molecule is CC(C)(CC(=O)O)NC(=O)C1CCCS1. The van der Waals surface area contributed by atoms with Crippen LogP contribution in [0.15, 0.2) is 0 Å². The lowest BCUT2D eigenvalue weighted by Crippen LogP contribution is -2.47. The van der Waals surface area contributed by atoms with Gasteiger partial charge in [0.05, 0.1) is 11.7 Å². The van der Waals surface area contributed by atoms with E-state index in [2.05, 4.69) is 5.32 Å². The van der Waals surface area contributed by atoms with Crippen molar-refractivity contribution in [2.75, 3.05) is 5.75 Å². The van der Waals surface area contributed by atoms with E-state index in [1.165, 1.54) is 0 Å². The van der Waals surface area contributed by atoms with E-state index in [1.807, 2.05) is 0 Å². The zero-order valence-corrected chi connectivity index (χ0v) is 9.89. The van der Waals surface area contributed by atoms with Gasteiger partial charge in [-0.3, -0.25) is 9.59 Å². The van der Waals surface area contributed by atoms with Gasteiger partial charge in [-0.05, 0) is 32.4 Å². The van der Waals surface area contributed by atoms with Gasteiger partial charge in [0, 0.05) is 5.54 Å². The van der Waals surface area contributed by atoms with E-state index >= 15 is 0 Å². The highest BCUT2D eigenvalue weighted by Gasteiger charge is 2.29. The molecule has 0 saturated carbocycles. The average Bonchev–Trinajstić information content (AvgIpc) is 2.50. The predicted octanol–water partition coefficient (Wildman–Crippen LogP) is 1.25. The minimum atomic E-state index is -0.889. The second kappa shape index (κ2) is 4.88. The monoisotopic (exact) mass is 231 g/mol. The van der Waals surface area contributed by atoms with Gasteiger partial charge in [-0.2, -0.15) is 0 Å². The average molecular weight is 231 g/mol. The first kappa shape index (κ1) is 12.4. The molecule has 15 heavy (non-hydrogen) atoms. The Hall–Kier alpha value is -0.710. The third-order valence-electron chi connectivity index (χ3n) is 2.28. The number of rotatable bonds is 4. The summed E-state index contributed by atoms with van der Waals surface area (Å²) in [6.07, 6.45) is 1.93. The minimum Gasteiger partial charge on any atom is -0.481 e. The first-order valence-corrected chi connectivity index (χ1v) is 6.11. The standard InChI is InChI=1S/C10H17NO3S/c1-10(2,6-8(12)13)11-9(14)7-4-3-5-15-7/h7H,3-6H2,1-2H3,(H,11,14)(H,12,13). The minimum absolute atomic E-state index is 0.0121. The summed E-state index contributed by atoms with van der Waals surface area (Å²) in [5.41, 5.74) is -0.661. The van der Waals surface area contributed by atoms with Gasteiger partial charge in [0.15, 0.2) is 0 Å². The van der Waals surface area contributed by atoms with Crippen molar-refractivity contribution in [1.29, 1.82) is 0 Å². The van der Waals surface area contributed by atoms with Crippen LogP contribution in [0.1, 0.15) is 33.1 Å². The number of carboxylic acids is 1. The smallest absolute Gasteiger partial charge is 0.305 e. The maximum absolute atomic E-state index is 11.7. The lowest BCUT2D eigenvalue weighted by molar-refractivity contribution is -0.138. The van der Waals surface area contributed by atoms with Crippen molar-refractivity contribution in [3.63, 3.8) is 0 Å².